The number of hydrogen-bond acceptors (Lipinski definition) is 3. The summed E-state index contributed by atoms with van der Waals surface area (Å²) < 4.78 is 0.639. The molecule has 3 N–H and O–H groups in total. The van der Waals surface area contributed by atoms with Crippen molar-refractivity contribution in [3.63, 3.8) is 0 Å². The second-order valence-corrected chi connectivity index (χ2v) is 11.7. The molecule has 0 fully saturated rings. The lowest BCUT2D eigenvalue weighted by Gasteiger charge is -2.39. The lowest BCUT2D eigenvalue weighted by Crippen LogP contribution is -2.51. The summed E-state index contributed by atoms with van der Waals surface area (Å²) in [7, 11) is 0. The molecule has 0 aromatic carbocycles. The molecular weight excluding hydrogens is 506 g/mol. The van der Waals surface area contributed by atoms with Gasteiger partial charge in [0.15, 0.2) is 0 Å². The number of carboxylic acids is 3. The maximum Gasteiger partial charge on any atom is 0.303 e. The molecule has 0 atom stereocenters. The Bertz CT molecular complexity index is 613. The Morgan fingerprint density at radius 2 is 0.750 bits per heavy atom. The Hall–Kier alpha value is -1.89. The zero-order chi connectivity index (χ0) is 29.7. The average Bonchev–Trinajstić information content (AvgIpc) is 2.89. The highest BCUT2D eigenvalue weighted by Gasteiger charge is 2.27. The summed E-state index contributed by atoms with van der Waals surface area (Å²) in [6, 6.07) is 0. The number of allylic oxidation sites excluding steroid dienone is 2. The Morgan fingerprint density at radius 1 is 0.450 bits per heavy atom. The predicted molar refractivity (Wildman–Crippen MR) is 164 cm³/mol. The molecule has 0 unspecified atom stereocenters. The number of nitrogens with zero attached hydrogens (tertiary/aromatic N) is 1. The van der Waals surface area contributed by atoms with Gasteiger partial charge in [0.1, 0.15) is 0 Å². The summed E-state index contributed by atoms with van der Waals surface area (Å²) in [5.41, 5.74) is 0. The van der Waals surface area contributed by atoms with Crippen molar-refractivity contribution in [3.05, 3.63) is 12.2 Å². The minimum Gasteiger partial charge on any atom is -0.481 e. The van der Waals surface area contributed by atoms with Crippen LogP contribution in [0.1, 0.15) is 155 Å². The van der Waals surface area contributed by atoms with Crippen LogP contribution in [0.5, 0.6) is 0 Å². The average molecular weight is 569 g/mol. The molecule has 234 valence electrons. The van der Waals surface area contributed by atoms with E-state index in [2.05, 4.69) is 19.1 Å². The van der Waals surface area contributed by atoms with Gasteiger partial charge >= 0.3 is 17.9 Å². The summed E-state index contributed by atoms with van der Waals surface area (Å²) in [4.78, 5) is 33.2. The molecule has 0 aliphatic rings. The Labute approximate surface area is 245 Å². The minimum atomic E-state index is -0.825. The van der Waals surface area contributed by atoms with Gasteiger partial charge in [0, 0.05) is 19.3 Å². The number of aliphatic carboxylic acids is 3. The van der Waals surface area contributed by atoms with Crippen molar-refractivity contribution in [3.8, 4) is 0 Å². The molecule has 0 aliphatic carbocycles. The fourth-order valence-electron chi connectivity index (χ4n) is 5.59. The third-order valence-corrected chi connectivity index (χ3v) is 7.96. The maximum absolute atomic E-state index is 11.1. The van der Waals surface area contributed by atoms with Crippen LogP contribution < -0.4 is 0 Å². The normalized spacial score (nSPS) is 11.8. The first-order valence-electron chi connectivity index (χ1n) is 16.5. The summed E-state index contributed by atoms with van der Waals surface area (Å²) in [5, 5.41) is 27.3. The van der Waals surface area contributed by atoms with E-state index >= 15 is 0 Å². The SMILES string of the molecule is CCCCCCCCC/C=C/CCCCCCCCCC[N+](CCCC(=O)O)(CCCC(=O)O)CCCC(=O)O. The van der Waals surface area contributed by atoms with E-state index in [0.29, 0.717) is 43.4 Å². The monoisotopic (exact) mass is 568 g/mol. The second kappa shape index (κ2) is 27.3. The Morgan fingerprint density at radius 3 is 1.10 bits per heavy atom. The molecule has 0 aliphatic heterocycles. The van der Waals surface area contributed by atoms with Crippen LogP contribution in [0.25, 0.3) is 0 Å². The molecule has 0 heterocycles. The molecule has 7 heteroatoms. The quantitative estimate of drug-likeness (QED) is 0.0438. The number of unbranched alkanes of at least 4 members (excludes halogenated alkanes) is 15. The van der Waals surface area contributed by atoms with E-state index in [1.54, 1.807) is 0 Å². The van der Waals surface area contributed by atoms with Gasteiger partial charge in [-0.3, -0.25) is 14.4 Å². The summed E-state index contributed by atoms with van der Waals surface area (Å²) in [6.07, 6.45) is 28.2. The third kappa shape index (κ3) is 26.3. The lowest BCUT2D eigenvalue weighted by atomic mass is 10.1. The molecule has 0 radical (unpaired) electrons. The van der Waals surface area contributed by atoms with Crippen LogP contribution in [-0.2, 0) is 14.4 Å². The van der Waals surface area contributed by atoms with Crippen LogP contribution in [0.3, 0.4) is 0 Å². The smallest absolute Gasteiger partial charge is 0.303 e. The van der Waals surface area contributed by atoms with Crippen LogP contribution in [0.4, 0.5) is 0 Å². The molecule has 0 rings (SSSR count). The van der Waals surface area contributed by atoms with E-state index in [9.17, 15) is 14.4 Å². The molecule has 40 heavy (non-hydrogen) atoms. The Balaban J connectivity index is 4.15. The summed E-state index contributed by atoms with van der Waals surface area (Å²) >= 11 is 0. The van der Waals surface area contributed by atoms with Crippen LogP contribution in [0, 0.1) is 0 Å². The Kier molecular flexibility index (Phi) is 26.0. The number of quaternary nitrogens is 1. The molecule has 0 amide bonds. The van der Waals surface area contributed by atoms with Gasteiger partial charge in [-0.15, -0.1) is 0 Å². The van der Waals surface area contributed by atoms with Gasteiger partial charge in [-0.2, -0.15) is 0 Å². The van der Waals surface area contributed by atoms with Crippen molar-refractivity contribution < 1.29 is 34.2 Å². The van der Waals surface area contributed by atoms with Crippen LogP contribution in [0.15, 0.2) is 12.2 Å². The van der Waals surface area contributed by atoms with E-state index in [1.807, 2.05) is 0 Å². The van der Waals surface area contributed by atoms with Gasteiger partial charge < -0.3 is 19.8 Å². The summed E-state index contributed by atoms with van der Waals surface area (Å²) in [5.74, 6) is -2.48. The molecule has 0 saturated carbocycles. The number of carbonyl (C=O) groups is 3. The minimum absolute atomic E-state index is 0.0901. The van der Waals surface area contributed by atoms with Gasteiger partial charge in [0.25, 0.3) is 0 Å². The maximum atomic E-state index is 11.1. The topological polar surface area (TPSA) is 112 Å². The highest BCUT2D eigenvalue weighted by molar-refractivity contribution is 5.67. The van der Waals surface area contributed by atoms with Gasteiger partial charge in [-0.1, -0.05) is 89.7 Å². The predicted octanol–water partition coefficient (Wildman–Crippen LogP) is 8.61. The van der Waals surface area contributed by atoms with Gasteiger partial charge in [-0.05, 0) is 38.5 Å². The van der Waals surface area contributed by atoms with Gasteiger partial charge in [0.2, 0.25) is 0 Å². The number of hydrogen-bond donors (Lipinski definition) is 3. The van der Waals surface area contributed by atoms with E-state index in [4.69, 9.17) is 15.3 Å². The van der Waals surface area contributed by atoms with E-state index in [0.717, 1.165) is 19.4 Å². The molecule has 0 aromatic rings. The molecule has 0 bridgehead atoms. The van der Waals surface area contributed by atoms with Crippen molar-refractivity contribution in [2.45, 2.75) is 155 Å². The number of carboxylic acid groups (broad SMARTS) is 3. The summed E-state index contributed by atoms with van der Waals surface area (Å²) in [6.45, 7) is 5.13. The third-order valence-electron chi connectivity index (χ3n) is 7.96. The highest BCUT2D eigenvalue weighted by Crippen LogP contribution is 2.19. The zero-order valence-corrected chi connectivity index (χ0v) is 25.8. The van der Waals surface area contributed by atoms with Crippen molar-refractivity contribution in [2.24, 2.45) is 0 Å². The van der Waals surface area contributed by atoms with Crippen molar-refractivity contribution >= 4 is 17.9 Å². The first kappa shape index (κ1) is 38.1. The van der Waals surface area contributed by atoms with Crippen molar-refractivity contribution in [1.29, 1.82) is 0 Å². The van der Waals surface area contributed by atoms with E-state index in [-0.39, 0.29) is 19.3 Å². The first-order valence-corrected chi connectivity index (χ1v) is 16.5. The molecule has 0 saturated heterocycles. The van der Waals surface area contributed by atoms with E-state index in [1.165, 1.54) is 96.3 Å². The second-order valence-electron chi connectivity index (χ2n) is 11.7. The molecule has 0 aromatic heterocycles. The molecule has 0 spiro atoms. The van der Waals surface area contributed by atoms with Crippen molar-refractivity contribution in [2.75, 3.05) is 26.2 Å². The van der Waals surface area contributed by atoms with Crippen LogP contribution in [0.2, 0.25) is 0 Å². The number of rotatable bonds is 31. The molecule has 7 nitrogen and oxygen atoms in total. The fraction of sp³-hybridized carbons (Fsp3) is 0.848. The van der Waals surface area contributed by atoms with Crippen LogP contribution >= 0.6 is 0 Å². The zero-order valence-electron chi connectivity index (χ0n) is 25.8. The standard InChI is InChI=1S/C33H61NO6/c1-2-3-4-5-6-7-8-9-10-11-12-13-14-15-16-17-18-19-20-27-34(28-21-24-31(35)36,29-22-25-32(37)38)30-23-26-33(39)40/h10-11H,2-9,12-30H2,1H3,(H2-,35,36,37,38,39,40)/p+1/b11-10+. The molecular formula is C33H62NO6+. The highest BCUT2D eigenvalue weighted by atomic mass is 16.4. The van der Waals surface area contributed by atoms with Gasteiger partial charge in [0.05, 0.1) is 45.4 Å². The van der Waals surface area contributed by atoms with Gasteiger partial charge in [-0.25, -0.2) is 0 Å². The lowest BCUT2D eigenvalue weighted by molar-refractivity contribution is -0.929. The first-order chi connectivity index (χ1) is 19.3. The van der Waals surface area contributed by atoms with Crippen molar-refractivity contribution in [1.82, 2.24) is 0 Å². The van der Waals surface area contributed by atoms with Crippen LogP contribution in [-0.4, -0.2) is 63.9 Å². The fourth-order valence-corrected chi connectivity index (χ4v) is 5.59. The largest absolute Gasteiger partial charge is 0.481 e. The van der Waals surface area contributed by atoms with E-state index < -0.39 is 17.9 Å².